The molecule has 1 radical (unpaired) electrons. The summed E-state index contributed by atoms with van der Waals surface area (Å²) in [7, 11) is 0.276. The molecule has 0 aliphatic carbocycles. The Hall–Kier alpha value is -5.63. The van der Waals surface area contributed by atoms with Gasteiger partial charge in [-0.15, -0.1) is 0 Å². The van der Waals surface area contributed by atoms with Crippen LogP contribution in [-0.2, 0) is 47.1 Å². The van der Waals surface area contributed by atoms with E-state index in [1.54, 1.807) is 18.2 Å². The van der Waals surface area contributed by atoms with E-state index in [1.165, 1.54) is 36.4 Å². The fraction of sp³-hybridized carbons (Fsp3) is 0.396. The van der Waals surface area contributed by atoms with Crippen molar-refractivity contribution in [3.05, 3.63) is 78.9 Å². The normalized spacial score (nSPS) is 13.1. The van der Waals surface area contributed by atoms with Gasteiger partial charge in [-0.2, -0.15) is 0 Å². The number of nitrogens with one attached hydrogen (secondary N) is 3. The molecule has 411 valence electrons. The molecule has 3 aromatic heterocycles. The monoisotopic (exact) mass is 1150 g/mol. The van der Waals surface area contributed by atoms with Crippen LogP contribution in [0.1, 0.15) is 46.0 Å². The fourth-order valence-corrected chi connectivity index (χ4v) is 13.1. The summed E-state index contributed by atoms with van der Waals surface area (Å²) in [5, 5.41) is 1.67. The Balaban J connectivity index is 0.00000784. The third-order valence-corrected chi connectivity index (χ3v) is 18.0. The Kier molecular flexibility index (Phi) is 17.2. The van der Waals surface area contributed by atoms with Crippen molar-refractivity contribution >= 4 is 74.2 Å². The van der Waals surface area contributed by atoms with E-state index in [4.69, 9.17) is 39.9 Å². The van der Waals surface area contributed by atoms with E-state index in [0.717, 1.165) is 48.0 Å². The Morgan fingerprint density at radius 1 is 0.455 bits per heavy atom. The van der Waals surface area contributed by atoms with Crippen LogP contribution in [0.3, 0.4) is 0 Å². The quantitative estimate of drug-likeness (QED) is 0.0421. The van der Waals surface area contributed by atoms with Crippen LogP contribution in [0, 0.1) is 0 Å². The van der Waals surface area contributed by atoms with Crippen LogP contribution in [0.15, 0.2) is 93.5 Å². The minimum atomic E-state index is -4.05. The number of sulfonamides is 3. The predicted molar refractivity (Wildman–Crippen MR) is 296 cm³/mol. The summed E-state index contributed by atoms with van der Waals surface area (Å²) in [6, 6.07) is 21.3. The third-order valence-electron chi connectivity index (χ3n) is 13.6. The molecule has 2 aliphatic heterocycles. The number of rotatable bonds is 22. The second-order valence-electron chi connectivity index (χ2n) is 21.0. The van der Waals surface area contributed by atoms with Gasteiger partial charge in [0.15, 0.2) is 0 Å². The number of hydrogen-bond acceptors (Lipinski definition) is 13. The minimum absolute atomic E-state index is 0. The van der Waals surface area contributed by atoms with Gasteiger partial charge in [0.05, 0.1) is 92.4 Å². The molecule has 24 heteroatoms. The van der Waals surface area contributed by atoms with Crippen molar-refractivity contribution in [2.75, 3.05) is 94.6 Å². The molecular weight excluding hydrogens is 1090 g/mol. The summed E-state index contributed by atoms with van der Waals surface area (Å²) in [4.78, 5) is 41.5. The second kappa shape index (κ2) is 23.0. The minimum Gasteiger partial charge on any atom is -0.357 e. The molecule has 0 saturated carbocycles. The number of hydrogen-bond donors (Lipinski definition) is 3. The first-order chi connectivity index (χ1) is 36.1. The van der Waals surface area contributed by atoms with Gasteiger partial charge in [0, 0.05) is 77.3 Å². The molecule has 7 aromatic rings. The molecule has 9 rings (SSSR count). The smallest absolute Gasteiger partial charge is 0.357 e. The van der Waals surface area contributed by atoms with Crippen molar-refractivity contribution in [2.24, 2.45) is 0 Å². The van der Waals surface area contributed by atoms with Crippen LogP contribution >= 0.6 is 0 Å². The SMILES string of the molecule is CCC[N+](C)(C)CCCNS(=O)(=O)c1ccc2c(c1)-c1nc-2nc2[n-]c(nc3nc(nc4[n-]c(n1)c1cc(S(=O)(=O)NCCC[N+](C)(C)CCC)ccc41)-c1ccccc1-3)c1ccc(S(=O)(=O)NCCCN(C)C)cc21.[Cu+2]. The van der Waals surface area contributed by atoms with Crippen LogP contribution in [0.25, 0.3) is 89.7 Å². The summed E-state index contributed by atoms with van der Waals surface area (Å²) in [5.41, 5.74) is 2.58. The van der Waals surface area contributed by atoms with Gasteiger partial charge in [-0.1, -0.05) is 56.3 Å². The van der Waals surface area contributed by atoms with Crippen LogP contribution in [0.4, 0.5) is 0 Å². The van der Waals surface area contributed by atoms with E-state index in [2.05, 4.69) is 56.2 Å². The van der Waals surface area contributed by atoms with Crippen molar-refractivity contribution in [2.45, 2.75) is 60.6 Å². The first-order valence-electron chi connectivity index (χ1n) is 25.6. The van der Waals surface area contributed by atoms with Gasteiger partial charge in [-0.25, -0.2) is 49.4 Å². The largest absolute Gasteiger partial charge is 2.00 e. The molecule has 2 aliphatic rings. The van der Waals surface area contributed by atoms with Gasteiger partial charge in [-0.3, -0.25) is 0 Å². The van der Waals surface area contributed by atoms with E-state index in [1.807, 2.05) is 43.3 Å². The second-order valence-corrected chi connectivity index (χ2v) is 26.3. The van der Waals surface area contributed by atoms with Gasteiger partial charge >= 0.3 is 17.1 Å². The Labute approximate surface area is 461 Å². The van der Waals surface area contributed by atoms with Crippen molar-refractivity contribution in [3.63, 3.8) is 0 Å². The summed E-state index contributed by atoms with van der Waals surface area (Å²) < 4.78 is 93.4. The van der Waals surface area contributed by atoms with Gasteiger partial charge in [0.1, 0.15) is 0 Å². The molecule has 0 atom stereocenters. The molecule has 3 N–H and O–H groups in total. The Bertz CT molecular complexity index is 3890. The maximum Gasteiger partial charge on any atom is 2.00 e. The first-order valence-corrected chi connectivity index (χ1v) is 30.0. The van der Waals surface area contributed by atoms with Crippen LogP contribution in [0.5, 0.6) is 0 Å². The van der Waals surface area contributed by atoms with Crippen molar-refractivity contribution in [1.29, 1.82) is 0 Å². The van der Waals surface area contributed by atoms with Crippen molar-refractivity contribution in [3.8, 4) is 45.6 Å². The topological polar surface area (TPSA) is 247 Å². The standard InChI is InChI=1S/C53H66N14O6S3.Cu/c1-9-28-66(5,6)30-14-25-55-75(70,71)36-19-22-41-44(33-36)52-61-49(41)59-47-39-17-12-11-16-38(39)46(57-47)58-48-40-21-18-35(74(68,69)54-24-13-27-65(3)4)32-43(40)51(60-48)62-50-42-23-20-37(34-45(42)53(63-50)64-52)76(72,73)56-26-15-31-67(7,8)29-10-2;/h11-12,16-23,32-34,54-56H,9-10,13-15,24-31H2,1-8H3;/q;+2. The van der Waals surface area contributed by atoms with Crippen molar-refractivity contribution < 1.29 is 51.3 Å². The van der Waals surface area contributed by atoms with Crippen LogP contribution in [-0.4, -0.2) is 164 Å². The molecule has 0 fully saturated rings. The molecule has 0 saturated heterocycles. The van der Waals surface area contributed by atoms with E-state index in [-0.39, 0.29) is 97.3 Å². The molecule has 0 unspecified atom stereocenters. The molecule has 77 heavy (non-hydrogen) atoms. The summed E-state index contributed by atoms with van der Waals surface area (Å²) in [6.07, 6.45) is 3.85. The third kappa shape index (κ3) is 12.8. The van der Waals surface area contributed by atoms with Gasteiger partial charge in [-0.05, 0) is 97.8 Å². The maximum absolute atomic E-state index is 14.0. The number of quaternary nitrogens is 2. The summed E-state index contributed by atoms with van der Waals surface area (Å²) >= 11 is 0. The Morgan fingerprint density at radius 3 is 1.23 bits per heavy atom. The van der Waals surface area contributed by atoms with Gasteiger partial charge in [0.2, 0.25) is 30.1 Å². The molecule has 4 aromatic carbocycles. The first kappa shape index (κ1) is 57.5. The number of nitrogens with zero attached hydrogens (tertiary/aromatic N) is 11. The van der Waals surface area contributed by atoms with Crippen LogP contribution < -0.4 is 24.1 Å². The molecular formula is C53H66CuN14O6S3+2. The van der Waals surface area contributed by atoms with Gasteiger partial charge in [0.25, 0.3) is 0 Å². The number of fused-ring (bicyclic) bond motifs is 20. The van der Waals surface area contributed by atoms with E-state index in [9.17, 15) is 25.3 Å². The molecule has 0 spiro atoms. The fourth-order valence-electron chi connectivity index (χ4n) is 9.76. The van der Waals surface area contributed by atoms with E-state index < -0.39 is 30.1 Å². The zero-order valence-electron chi connectivity index (χ0n) is 44.6. The number of aromatic nitrogens is 8. The van der Waals surface area contributed by atoms with Gasteiger partial charge < -0.3 is 43.8 Å². The van der Waals surface area contributed by atoms with Crippen molar-refractivity contribution in [1.82, 2.24) is 58.9 Å². The van der Waals surface area contributed by atoms with Crippen LogP contribution in [0.2, 0.25) is 0 Å². The zero-order valence-corrected chi connectivity index (χ0v) is 48.0. The maximum atomic E-state index is 14.0. The summed E-state index contributed by atoms with van der Waals surface area (Å²) in [6.45, 7) is 9.11. The average Bonchev–Trinajstić information content (AvgIpc) is 4.10. The van der Waals surface area contributed by atoms with E-state index in [0.29, 0.717) is 69.6 Å². The zero-order chi connectivity index (χ0) is 54.2. The van der Waals surface area contributed by atoms with E-state index >= 15 is 0 Å². The molecule has 5 heterocycles. The molecule has 0 amide bonds. The molecule has 8 bridgehead atoms. The Morgan fingerprint density at radius 2 is 0.818 bits per heavy atom. The predicted octanol–water partition coefficient (Wildman–Crippen LogP) is 5.66. The summed E-state index contributed by atoms with van der Waals surface area (Å²) in [5.74, 6) is 0.697. The average molecular weight is 1150 g/mol. The molecule has 20 nitrogen and oxygen atoms in total. The number of benzene rings is 4.